The molecule has 126 valence electrons. The molecule has 0 fully saturated rings. The lowest BCUT2D eigenvalue weighted by Gasteiger charge is -2.07. The maximum Gasteiger partial charge on any atom is 0.256 e. The molecule has 0 aliphatic rings. The lowest BCUT2D eigenvalue weighted by molar-refractivity contribution is 0.102. The smallest absolute Gasteiger partial charge is 0.256 e. The van der Waals surface area contributed by atoms with E-state index in [4.69, 9.17) is 0 Å². The van der Waals surface area contributed by atoms with E-state index < -0.39 is 0 Å². The zero-order valence-electron chi connectivity index (χ0n) is 14.5. The second-order valence-electron chi connectivity index (χ2n) is 5.84. The summed E-state index contributed by atoms with van der Waals surface area (Å²) in [7, 11) is 0. The van der Waals surface area contributed by atoms with Crippen molar-refractivity contribution in [1.82, 2.24) is 9.97 Å². The SMILES string of the molecule is CCc1ccc(-c2ccc(C(=O)Nc3cc(CC)ccn3)cc2)nc1. The molecule has 1 aromatic carbocycles. The molecule has 3 aromatic rings. The topological polar surface area (TPSA) is 54.9 Å². The summed E-state index contributed by atoms with van der Waals surface area (Å²) in [6.07, 6.45) is 5.48. The first-order valence-electron chi connectivity index (χ1n) is 8.51. The second kappa shape index (κ2) is 7.71. The Labute approximate surface area is 148 Å². The second-order valence-corrected chi connectivity index (χ2v) is 5.84. The van der Waals surface area contributed by atoms with Crippen LogP contribution in [-0.2, 0) is 12.8 Å². The summed E-state index contributed by atoms with van der Waals surface area (Å²) >= 11 is 0. The molecule has 4 heteroatoms. The van der Waals surface area contributed by atoms with Crippen LogP contribution in [-0.4, -0.2) is 15.9 Å². The van der Waals surface area contributed by atoms with Gasteiger partial charge in [-0.15, -0.1) is 0 Å². The van der Waals surface area contributed by atoms with Gasteiger partial charge in [0.2, 0.25) is 0 Å². The van der Waals surface area contributed by atoms with E-state index in [1.54, 1.807) is 6.20 Å². The molecular weight excluding hydrogens is 310 g/mol. The van der Waals surface area contributed by atoms with Crippen molar-refractivity contribution in [3.05, 3.63) is 77.6 Å². The summed E-state index contributed by atoms with van der Waals surface area (Å²) in [4.78, 5) is 21.0. The molecule has 0 spiro atoms. The van der Waals surface area contributed by atoms with E-state index in [-0.39, 0.29) is 5.91 Å². The van der Waals surface area contributed by atoms with Crippen LogP contribution < -0.4 is 5.32 Å². The van der Waals surface area contributed by atoms with Gasteiger partial charge >= 0.3 is 0 Å². The fourth-order valence-electron chi connectivity index (χ4n) is 2.55. The Morgan fingerprint density at radius 1 is 0.920 bits per heavy atom. The molecule has 2 aromatic heterocycles. The average Bonchev–Trinajstić information content (AvgIpc) is 2.68. The first kappa shape index (κ1) is 16.8. The fraction of sp³-hybridized carbons (Fsp3) is 0.190. The quantitative estimate of drug-likeness (QED) is 0.748. The van der Waals surface area contributed by atoms with Gasteiger partial charge in [-0.3, -0.25) is 9.78 Å². The Morgan fingerprint density at radius 3 is 2.32 bits per heavy atom. The average molecular weight is 331 g/mol. The van der Waals surface area contributed by atoms with Crippen LogP contribution in [0.2, 0.25) is 0 Å². The number of carbonyl (C=O) groups is 1. The summed E-state index contributed by atoms with van der Waals surface area (Å²) in [6, 6.07) is 15.4. The molecule has 2 heterocycles. The van der Waals surface area contributed by atoms with Gasteiger partial charge in [0.05, 0.1) is 5.69 Å². The number of carbonyl (C=O) groups excluding carboxylic acids is 1. The van der Waals surface area contributed by atoms with Crippen LogP contribution in [0.25, 0.3) is 11.3 Å². The number of hydrogen-bond donors (Lipinski definition) is 1. The molecule has 0 aliphatic heterocycles. The van der Waals surface area contributed by atoms with Crippen LogP contribution in [0.1, 0.15) is 35.3 Å². The van der Waals surface area contributed by atoms with Crippen molar-refractivity contribution in [3.63, 3.8) is 0 Å². The maximum atomic E-state index is 12.4. The third-order valence-corrected chi connectivity index (χ3v) is 4.15. The zero-order chi connectivity index (χ0) is 17.6. The Balaban J connectivity index is 1.73. The third-order valence-electron chi connectivity index (χ3n) is 4.15. The van der Waals surface area contributed by atoms with Crippen molar-refractivity contribution in [3.8, 4) is 11.3 Å². The highest BCUT2D eigenvalue weighted by molar-refractivity contribution is 6.04. The van der Waals surface area contributed by atoms with E-state index in [0.29, 0.717) is 11.4 Å². The molecule has 0 atom stereocenters. The summed E-state index contributed by atoms with van der Waals surface area (Å²) in [5, 5.41) is 2.84. The fourth-order valence-corrected chi connectivity index (χ4v) is 2.55. The number of benzene rings is 1. The van der Waals surface area contributed by atoms with Gasteiger partial charge in [-0.25, -0.2) is 4.98 Å². The first-order valence-corrected chi connectivity index (χ1v) is 8.51. The van der Waals surface area contributed by atoms with Crippen LogP contribution in [0.15, 0.2) is 60.9 Å². The molecule has 1 amide bonds. The summed E-state index contributed by atoms with van der Waals surface area (Å²) in [6.45, 7) is 4.18. The molecule has 3 rings (SSSR count). The highest BCUT2D eigenvalue weighted by atomic mass is 16.1. The predicted molar refractivity (Wildman–Crippen MR) is 101 cm³/mol. The van der Waals surface area contributed by atoms with Gasteiger partial charge in [-0.1, -0.05) is 32.0 Å². The van der Waals surface area contributed by atoms with Crippen LogP contribution >= 0.6 is 0 Å². The van der Waals surface area contributed by atoms with Crippen LogP contribution in [0.4, 0.5) is 5.82 Å². The standard InChI is InChI=1S/C21H21N3O/c1-3-15-11-12-22-20(13-15)24-21(25)18-8-6-17(7-9-18)19-10-5-16(4-2)14-23-19/h5-14H,3-4H2,1-2H3,(H,22,24,25). The van der Waals surface area contributed by atoms with Crippen molar-refractivity contribution in [1.29, 1.82) is 0 Å². The molecule has 25 heavy (non-hydrogen) atoms. The number of pyridine rings is 2. The number of amides is 1. The van der Waals surface area contributed by atoms with Crippen LogP contribution in [0.3, 0.4) is 0 Å². The van der Waals surface area contributed by atoms with E-state index >= 15 is 0 Å². The number of aromatic nitrogens is 2. The maximum absolute atomic E-state index is 12.4. The van der Waals surface area contributed by atoms with Crippen molar-refractivity contribution < 1.29 is 4.79 Å². The van der Waals surface area contributed by atoms with Gasteiger partial charge in [0.25, 0.3) is 5.91 Å². The van der Waals surface area contributed by atoms with Gasteiger partial charge in [-0.05, 0) is 54.3 Å². The number of anilines is 1. The molecule has 0 saturated heterocycles. The van der Waals surface area contributed by atoms with Gasteiger partial charge < -0.3 is 5.32 Å². The monoisotopic (exact) mass is 331 g/mol. The Kier molecular flexibility index (Phi) is 5.19. The molecule has 0 radical (unpaired) electrons. The lowest BCUT2D eigenvalue weighted by atomic mass is 10.1. The summed E-state index contributed by atoms with van der Waals surface area (Å²) < 4.78 is 0. The van der Waals surface area contributed by atoms with Gasteiger partial charge in [0, 0.05) is 23.5 Å². The van der Waals surface area contributed by atoms with Crippen LogP contribution in [0, 0.1) is 0 Å². The highest BCUT2D eigenvalue weighted by Crippen LogP contribution is 2.18. The van der Waals surface area contributed by atoms with Gasteiger partial charge in [-0.2, -0.15) is 0 Å². The Bertz CT molecular complexity index is 855. The lowest BCUT2D eigenvalue weighted by Crippen LogP contribution is -2.13. The minimum atomic E-state index is -0.165. The van der Waals surface area contributed by atoms with E-state index in [0.717, 1.165) is 29.7 Å². The van der Waals surface area contributed by atoms with Crippen LogP contribution in [0.5, 0.6) is 0 Å². The Hall–Kier alpha value is -3.01. The third kappa shape index (κ3) is 4.10. The van der Waals surface area contributed by atoms with Crippen molar-refractivity contribution >= 4 is 11.7 Å². The number of rotatable bonds is 5. The van der Waals surface area contributed by atoms with E-state index in [2.05, 4.69) is 35.2 Å². The Morgan fingerprint density at radius 2 is 1.68 bits per heavy atom. The molecule has 0 aliphatic carbocycles. The number of nitrogens with one attached hydrogen (secondary N) is 1. The number of hydrogen-bond acceptors (Lipinski definition) is 3. The summed E-state index contributed by atoms with van der Waals surface area (Å²) in [5.41, 5.74) is 4.84. The minimum Gasteiger partial charge on any atom is -0.307 e. The van der Waals surface area contributed by atoms with E-state index in [1.165, 1.54) is 5.56 Å². The van der Waals surface area contributed by atoms with Crippen molar-refractivity contribution in [2.45, 2.75) is 26.7 Å². The van der Waals surface area contributed by atoms with Crippen molar-refractivity contribution in [2.75, 3.05) is 5.32 Å². The molecule has 0 unspecified atom stereocenters. The largest absolute Gasteiger partial charge is 0.307 e. The predicted octanol–water partition coefficient (Wildman–Crippen LogP) is 4.52. The molecule has 4 nitrogen and oxygen atoms in total. The van der Waals surface area contributed by atoms with Gasteiger partial charge in [0.1, 0.15) is 5.82 Å². The van der Waals surface area contributed by atoms with Gasteiger partial charge in [0.15, 0.2) is 0 Å². The van der Waals surface area contributed by atoms with E-state index in [1.807, 2.05) is 48.7 Å². The molecule has 0 bridgehead atoms. The van der Waals surface area contributed by atoms with E-state index in [9.17, 15) is 4.79 Å². The highest BCUT2D eigenvalue weighted by Gasteiger charge is 2.08. The van der Waals surface area contributed by atoms with Crippen molar-refractivity contribution in [2.24, 2.45) is 0 Å². The minimum absolute atomic E-state index is 0.165. The molecule has 0 saturated carbocycles. The molecular formula is C21H21N3O. The first-order chi connectivity index (χ1) is 12.2. The zero-order valence-corrected chi connectivity index (χ0v) is 14.5. The number of nitrogens with zero attached hydrogens (tertiary/aromatic N) is 2. The number of aryl methyl sites for hydroxylation is 2. The normalized spacial score (nSPS) is 10.5. The summed E-state index contributed by atoms with van der Waals surface area (Å²) in [5.74, 6) is 0.409. The molecule has 1 N–H and O–H groups in total.